The summed E-state index contributed by atoms with van der Waals surface area (Å²) in [6.07, 6.45) is -0.922. The number of halogens is 1. The zero-order chi connectivity index (χ0) is 15.6. The Balaban J connectivity index is 2.41. The summed E-state index contributed by atoms with van der Waals surface area (Å²) in [5, 5.41) is 20.4. The van der Waals surface area contributed by atoms with E-state index in [2.05, 4.69) is 0 Å². The molecule has 2 aromatic rings. The number of nitro benzene ring substituents is 1. The molecule has 1 N–H and O–H groups in total. The maximum atomic E-state index is 13.6. The van der Waals surface area contributed by atoms with Crippen molar-refractivity contribution >= 4 is 5.69 Å². The highest BCUT2D eigenvalue weighted by Gasteiger charge is 2.15. The number of non-ortho nitro benzene ring substituents is 1. The van der Waals surface area contributed by atoms with Gasteiger partial charge in [-0.1, -0.05) is 6.07 Å². The van der Waals surface area contributed by atoms with Crippen molar-refractivity contribution in [3.8, 4) is 11.5 Å². The summed E-state index contributed by atoms with van der Waals surface area (Å²) in [6.45, 7) is 3.06. The smallest absolute Gasteiger partial charge is 0.273 e. The third-order valence-electron chi connectivity index (χ3n) is 3.00. The van der Waals surface area contributed by atoms with Gasteiger partial charge in [-0.25, -0.2) is 4.39 Å². The third kappa shape index (κ3) is 3.35. The largest absolute Gasteiger partial charge is 0.457 e. The summed E-state index contributed by atoms with van der Waals surface area (Å²) < 4.78 is 19.1. The van der Waals surface area contributed by atoms with Crippen molar-refractivity contribution in [2.24, 2.45) is 0 Å². The van der Waals surface area contributed by atoms with Crippen LogP contribution in [0.2, 0.25) is 0 Å². The highest BCUT2D eigenvalue weighted by Crippen LogP contribution is 2.33. The molecule has 2 rings (SSSR count). The Labute approximate surface area is 120 Å². The molecule has 0 unspecified atom stereocenters. The van der Waals surface area contributed by atoms with Crippen molar-refractivity contribution in [2.75, 3.05) is 0 Å². The molecule has 21 heavy (non-hydrogen) atoms. The number of aliphatic hydroxyl groups is 1. The predicted octanol–water partition coefficient (Wildman–Crippen LogP) is 3.89. The zero-order valence-electron chi connectivity index (χ0n) is 11.5. The van der Waals surface area contributed by atoms with Crippen LogP contribution in [0.1, 0.15) is 24.2 Å². The number of benzene rings is 2. The number of rotatable bonds is 4. The lowest BCUT2D eigenvalue weighted by molar-refractivity contribution is -0.384. The van der Waals surface area contributed by atoms with Gasteiger partial charge in [-0.15, -0.1) is 0 Å². The summed E-state index contributed by atoms with van der Waals surface area (Å²) in [5.74, 6) is 0.0683. The highest BCUT2D eigenvalue weighted by molar-refractivity contribution is 5.45. The van der Waals surface area contributed by atoms with Crippen LogP contribution in [-0.2, 0) is 0 Å². The second-order valence-corrected chi connectivity index (χ2v) is 4.67. The van der Waals surface area contributed by atoms with Gasteiger partial charge < -0.3 is 9.84 Å². The first-order valence-corrected chi connectivity index (χ1v) is 6.29. The Morgan fingerprint density at radius 2 is 2.05 bits per heavy atom. The maximum absolute atomic E-state index is 13.6. The van der Waals surface area contributed by atoms with Gasteiger partial charge in [-0.3, -0.25) is 10.1 Å². The third-order valence-corrected chi connectivity index (χ3v) is 3.00. The molecular formula is C15H14FNO4. The fourth-order valence-corrected chi connectivity index (χ4v) is 1.87. The summed E-state index contributed by atoms with van der Waals surface area (Å²) in [4.78, 5) is 10.2. The fourth-order valence-electron chi connectivity index (χ4n) is 1.87. The molecule has 0 saturated heterocycles. The Kier molecular flexibility index (Phi) is 4.18. The van der Waals surface area contributed by atoms with Crippen LogP contribution in [0.5, 0.6) is 11.5 Å². The van der Waals surface area contributed by atoms with E-state index in [1.165, 1.54) is 37.3 Å². The van der Waals surface area contributed by atoms with Crippen LogP contribution < -0.4 is 4.74 Å². The molecule has 1 atom stereocenters. The van der Waals surface area contributed by atoms with Gasteiger partial charge in [0.05, 0.1) is 17.1 Å². The van der Waals surface area contributed by atoms with E-state index in [4.69, 9.17) is 4.74 Å². The summed E-state index contributed by atoms with van der Waals surface area (Å²) in [6, 6.07) is 8.31. The Bertz CT molecular complexity index is 685. The quantitative estimate of drug-likeness (QED) is 0.685. The number of ether oxygens (including phenoxy) is 1. The lowest BCUT2D eigenvalue weighted by atomic mass is 10.1. The molecule has 110 valence electrons. The van der Waals surface area contributed by atoms with Crippen LogP contribution in [0.3, 0.4) is 0 Å². The van der Waals surface area contributed by atoms with Gasteiger partial charge in [0.15, 0.2) is 0 Å². The van der Waals surface area contributed by atoms with Crippen LogP contribution >= 0.6 is 0 Å². The molecule has 0 heterocycles. The first kappa shape index (κ1) is 14.9. The Morgan fingerprint density at radius 1 is 1.33 bits per heavy atom. The zero-order valence-corrected chi connectivity index (χ0v) is 11.5. The topological polar surface area (TPSA) is 72.6 Å². The molecule has 6 heteroatoms. The van der Waals surface area contributed by atoms with E-state index in [0.29, 0.717) is 5.56 Å². The molecule has 0 aliphatic heterocycles. The van der Waals surface area contributed by atoms with Crippen molar-refractivity contribution in [2.45, 2.75) is 20.0 Å². The maximum Gasteiger partial charge on any atom is 0.273 e. The van der Waals surface area contributed by atoms with E-state index < -0.39 is 16.8 Å². The van der Waals surface area contributed by atoms with Crippen molar-refractivity contribution < 1.29 is 19.2 Å². The van der Waals surface area contributed by atoms with Crippen molar-refractivity contribution in [1.82, 2.24) is 0 Å². The minimum absolute atomic E-state index is 0.107. The Hall–Kier alpha value is -2.47. The minimum atomic E-state index is -0.922. The van der Waals surface area contributed by atoms with Crippen molar-refractivity contribution in [1.29, 1.82) is 0 Å². The number of aliphatic hydroxyl groups excluding tert-OH is 1. The van der Waals surface area contributed by atoms with Gasteiger partial charge in [0.2, 0.25) is 0 Å². The lowest BCUT2D eigenvalue weighted by Crippen LogP contribution is -1.99. The number of hydrogen-bond donors (Lipinski definition) is 1. The van der Waals surface area contributed by atoms with Gasteiger partial charge in [0.1, 0.15) is 17.3 Å². The molecular weight excluding hydrogens is 277 g/mol. The van der Waals surface area contributed by atoms with E-state index in [-0.39, 0.29) is 22.7 Å². The first-order chi connectivity index (χ1) is 9.88. The molecule has 0 saturated carbocycles. The van der Waals surface area contributed by atoms with E-state index in [9.17, 15) is 19.6 Å². The number of aryl methyl sites for hydroxylation is 1. The van der Waals surface area contributed by atoms with E-state index in [1.54, 1.807) is 13.0 Å². The minimum Gasteiger partial charge on any atom is -0.457 e. The molecule has 0 radical (unpaired) electrons. The normalized spacial score (nSPS) is 12.0. The number of nitrogens with zero attached hydrogens (tertiary/aromatic N) is 1. The van der Waals surface area contributed by atoms with Crippen LogP contribution in [0, 0.1) is 22.9 Å². The average molecular weight is 291 g/mol. The molecule has 0 spiro atoms. The Morgan fingerprint density at radius 3 is 2.67 bits per heavy atom. The molecule has 0 aromatic heterocycles. The lowest BCUT2D eigenvalue weighted by Gasteiger charge is -2.14. The summed E-state index contributed by atoms with van der Waals surface area (Å²) in [5.41, 5.74) is 0.536. The molecule has 0 bridgehead atoms. The average Bonchev–Trinajstić information content (AvgIpc) is 2.42. The summed E-state index contributed by atoms with van der Waals surface area (Å²) in [7, 11) is 0. The number of hydrogen-bond acceptors (Lipinski definition) is 4. The van der Waals surface area contributed by atoms with Crippen LogP contribution in [0.15, 0.2) is 36.4 Å². The van der Waals surface area contributed by atoms with Gasteiger partial charge in [0, 0.05) is 11.6 Å². The van der Waals surface area contributed by atoms with Crippen LogP contribution in [0.4, 0.5) is 10.1 Å². The van der Waals surface area contributed by atoms with E-state index in [0.717, 1.165) is 0 Å². The first-order valence-electron chi connectivity index (χ1n) is 6.29. The molecule has 0 fully saturated rings. The van der Waals surface area contributed by atoms with Gasteiger partial charge in [0.25, 0.3) is 5.69 Å². The second kappa shape index (κ2) is 5.88. The second-order valence-electron chi connectivity index (χ2n) is 4.67. The van der Waals surface area contributed by atoms with Gasteiger partial charge >= 0.3 is 0 Å². The molecule has 5 nitrogen and oxygen atoms in total. The van der Waals surface area contributed by atoms with Crippen molar-refractivity contribution in [3.63, 3.8) is 0 Å². The van der Waals surface area contributed by atoms with E-state index >= 15 is 0 Å². The molecule has 0 aliphatic rings. The monoisotopic (exact) mass is 291 g/mol. The van der Waals surface area contributed by atoms with Gasteiger partial charge in [-0.2, -0.15) is 0 Å². The molecule has 0 aliphatic carbocycles. The number of nitro groups is 1. The molecule has 0 amide bonds. The predicted molar refractivity (Wildman–Crippen MR) is 74.9 cm³/mol. The SMILES string of the molecule is Cc1cc(Oc2cccc([N+](=O)[O-])c2)c([C@@H](C)O)cc1F. The van der Waals surface area contributed by atoms with Crippen molar-refractivity contribution in [3.05, 3.63) is 63.5 Å². The van der Waals surface area contributed by atoms with E-state index in [1.807, 2.05) is 0 Å². The standard InChI is InChI=1S/C15H14FNO4/c1-9-6-15(13(10(2)18)8-14(9)16)21-12-5-3-4-11(7-12)17(19)20/h3-8,10,18H,1-2H3/t10-/m1/s1. The summed E-state index contributed by atoms with van der Waals surface area (Å²) >= 11 is 0. The molecule has 2 aromatic carbocycles. The van der Waals surface area contributed by atoms with Gasteiger partial charge in [-0.05, 0) is 37.6 Å². The van der Waals surface area contributed by atoms with Crippen LogP contribution in [-0.4, -0.2) is 10.0 Å². The fraction of sp³-hybridized carbons (Fsp3) is 0.200. The van der Waals surface area contributed by atoms with Crippen LogP contribution in [0.25, 0.3) is 0 Å². The highest BCUT2D eigenvalue weighted by atomic mass is 19.1.